The standard InChI is InChI=1S/C31H21.Zr/c1-4-10-23-20(7-1)13-15-26(23)29-18-17-27-25-12-6-3-9-22(25)19-30(27)31(29)28-16-14-21-8-2-5-11-24(21)28;/h1-19,26,28H;. The minimum atomic E-state index is 0.314. The Morgan fingerprint density at radius 1 is 0.469 bits per heavy atom. The molecule has 32 heavy (non-hydrogen) atoms. The third kappa shape index (κ3) is 2.58. The van der Waals surface area contributed by atoms with Gasteiger partial charge in [0.1, 0.15) is 0 Å². The molecule has 0 radical (unpaired) electrons. The summed E-state index contributed by atoms with van der Waals surface area (Å²) in [5.74, 6) is 0.633. The van der Waals surface area contributed by atoms with Crippen molar-refractivity contribution in [3.63, 3.8) is 0 Å². The molecule has 3 unspecified atom stereocenters. The predicted octanol–water partition coefficient (Wildman–Crippen LogP) is 7.62. The van der Waals surface area contributed by atoms with Crippen molar-refractivity contribution < 1.29 is 24.7 Å². The summed E-state index contributed by atoms with van der Waals surface area (Å²) < 4.78 is 0.491. The van der Waals surface area contributed by atoms with Gasteiger partial charge in [0.15, 0.2) is 0 Å². The van der Waals surface area contributed by atoms with Crippen molar-refractivity contribution in [3.05, 3.63) is 142 Å². The molecule has 4 aromatic carbocycles. The van der Waals surface area contributed by atoms with E-state index in [1.54, 1.807) is 30.3 Å². The molecule has 0 aliphatic heterocycles. The fourth-order valence-electron chi connectivity index (χ4n) is 5.99. The summed E-state index contributed by atoms with van der Waals surface area (Å²) in [5, 5.41) is 0. The normalized spacial score (nSPS) is 21.3. The number of hydrogen-bond acceptors (Lipinski definition) is 0. The predicted molar refractivity (Wildman–Crippen MR) is 128 cm³/mol. The number of allylic oxidation sites excluding steroid dienone is 2. The molecular weight excluding hydrogens is 464 g/mol. The second kappa shape index (κ2) is 7.12. The molecular formula is C31H21Zr. The summed E-state index contributed by atoms with van der Waals surface area (Å²) in [5.41, 5.74) is 14.5. The van der Waals surface area contributed by atoms with E-state index in [0.717, 1.165) is 0 Å². The maximum atomic E-state index is 2.43. The number of fused-ring (bicyclic) bond motifs is 5. The minimum absolute atomic E-state index is 0.314. The zero-order valence-electron chi connectivity index (χ0n) is 17.6. The van der Waals surface area contributed by atoms with Crippen molar-refractivity contribution in [2.75, 3.05) is 0 Å². The molecule has 0 heterocycles. The van der Waals surface area contributed by atoms with Crippen molar-refractivity contribution in [1.82, 2.24) is 0 Å². The van der Waals surface area contributed by atoms with Gasteiger partial charge in [-0.25, -0.2) is 0 Å². The van der Waals surface area contributed by atoms with Crippen LogP contribution in [0.25, 0.3) is 23.3 Å². The van der Waals surface area contributed by atoms with Crippen LogP contribution in [0.15, 0.2) is 97.1 Å². The van der Waals surface area contributed by atoms with Crippen LogP contribution < -0.4 is 0 Å². The van der Waals surface area contributed by atoms with E-state index < -0.39 is 0 Å². The van der Waals surface area contributed by atoms with E-state index in [1.165, 1.54) is 50.1 Å². The van der Waals surface area contributed by atoms with Crippen LogP contribution in [0.4, 0.5) is 0 Å². The molecule has 0 saturated heterocycles. The first-order valence-corrected chi connectivity index (χ1v) is 12.7. The van der Waals surface area contributed by atoms with Crippen molar-refractivity contribution in [2.24, 2.45) is 0 Å². The topological polar surface area (TPSA) is 0 Å². The molecule has 149 valence electrons. The summed E-state index contributed by atoms with van der Waals surface area (Å²) in [6.45, 7) is 0. The number of hydrogen-bond donors (Lipinski definition) is 0. The quantitative estimate of drug-likeness (QED) is 0.274. The van der Waals surface area contributed by atoms with Crippen LogP contribution in [-0.4, -0.2) is 0 Å². The summed E-state index contributed by atoms with van der Waals surface area (Å²) in [7, 11) is 0. The molecule has 3 atom stereocenters. The second-order valence-electron chi connectivity index (χ2n) is 8.98. The molecule has 0 spiro atoms. The van der Waals surface area contributed by atoms with E-state index in [-0.39, 0.29) is 0 Å². The third-order valence-corrected chi connectivity index (χ3v) is 8.89. The molecule has 1 heteroatoms. The Labute approximate surface area is 204 Å². The monoisotopic (exact) mass is 483 g/mol. The van der Waals surface area contributed by atoms with Crippen molar-refractivity contribution >= 4 is 12.2 Å². The molecule has 0 bridgehead atoms. The van der Waals surface area contributed by atoms with Crippen molar-refractivity contribution in [2.45, 2.75) is 15.5 Å². The van der Waals surface area contributed by atoms with Gasteiger partial charge < -0.3 is 0 Å². The Morgan fingerprint density at radius 3 is 1.81 bits per heavy atom. The fourth-order valence-corrected chi connectivity index (χ4v) is 7.37. The van der Waals surface area contributed by atoms with E-state index >= 15 is 0 Å². The molecule has 0 aromatic heterocycles. The van der Waals surface area contributed by atoms with Gasteiger partial charge in [-0.2, -0.15) is 0 Å². The first-order valence-electron chi connectivity index (χ1n) is 11.3. The first-order chi connectivity index (χ1) is 15.8. The molecule has 3 aliphatic carbocycles. The molecule has 0 saturated carbocycles. The van der Waals surface area contributed by atoms with Crippen LogP contribution in [-0.2, 0) is 24.7 Å². The van der Waals surface area contributed by atoms with Gasteiger partial charge in [0, 0.05) is 0 Å². The molecule has 0 N–H and O–H groups in total. The van der Waals surface area contributed by atoms with Crippen molar-refractivity contribution in [1.29, 1.82) is 0 Å². The average molecular weight is 485 g/mol. The fraction of sp³-hybridized carbons (Fsp3) is 0.0968. The van der Waals surface area contributed by atoms with Crippen LogP contribution in [0.2, 0.25) is 0 Å². The zero-order valence-corrected chi connectivity index (χ0v) is 20.1. The van der Waals surface area contributed by atoms with Crippen LogP contribution in [0.3, 0.4) is 0 Å². The van der Waals surface area contributed by atoms with Crippen LogP contribution in [0, 0.1) is 0 Å². The van der Waals surface area contributed by atoms with Gasteiger partial charge in [-0.3, -0.25) is 0 Å². The van der Waals surface area contributed by atoms with E-state index in [2.05, 4.69) is 109 Å². The van der Waals surface area contributed by atoms with E-state index in [4.69, 9.17) is 0 Å². The van der Waals surface area contributed by atoms with E-state index in [9.17, 15) is 0 Å². The average Bonchev–Trinajstić information content (AvgIpc) is 3.54. The Kier molecular flexibility index (Phi) is 4.18. The van der Waals surface area contributed by atoms with Crippen LogP contribution in [0.1, 0.15) is 60.0 Å². The Morgan fingerprint density at radius 2 is 1.06 bits per heavy atom. The molecule has 4 aromatic rings. The molecule has 3 aliphatic rings. The summed E-state index contributed by atoms with van der Waals surface area (Å²) in [6, 6.07) is 31.6. The van der Waals surface area contributed by atoms with Crippen LogP contribution in [0.5, 0.6) is 0 Å². The van der Waals surface area contributed by atoms with Gasteiger partial charge in [-0.1, -0.05) is 0 Å². The van der Waals surface area contributed by atoms with Gasteiger partial charge >= 0.3 is 205 Å². The zero-order chi connectivity index (χ0) is 21.2. The molecule has 0 fully saturated rings. The SMILES string of the molecule is [Zr][CH]1c2ccccc2-c2ccc(C3C=Cc4ccccc43)c(C3C=Cc4ccccc43)c21. The molecule has 0 nitrogen and oxygen atoms in total. The van der Waals surface area contributed by atoms with E-state index in [1.807, 2.05) is 0 Å². The Bertz CT molecular complexity index is 1460. The molecule has 7 rings (SSSR count). The van der Waals surface area contributed by atoms with Gasteiger partial charge in [-0.15, -0.1) is 0 Å². The third-order valence-electron chi connectivity index (χ3n) is 7.42. The van der Waals surface area contributed by atoms with Crippen molar-refractivity contribution in [3.8, 4) is 11.1 Å². The molecule has 0 amide bonds. The van der Waals surface area contributed by atoms with Crippen LogP contribution >= 0.6 is 0 Å². The second-order valence-corrected chi connectivity index (χ2v) is 10.4. The van der Waals surface area contributed by atoms with Gasteiger partial charge in [0.25, 0.3) is 0 Å². The Balaban J connectivity index is 1.51. The summed E-state index contributed by atoms with van der Waals surface area (Å²) in [6.07, 6.45) is 9.46. The van der Waals surface area contributed by atoms with Gasteiger partial charge in [-0.05, 0) is 0 Å². The summed E-state index contributed by atoms with van der Waals surface area (Å²) >= 11 is 1.57. The first kappa shape index (κ1) is 18.8. The Hall–Kier alpha value is -2.76. The van der Waals surface area contributed by atoms with Gasteiger partial charge in [0.05, 0.1) is 0 Å². The summed E-state index contributed by atoms with van der Waals surface area (Å²) in [4.78, 5) is 0. The number of benzene rings is 4. The van der Waals surface area contributed by atoms with Gasteiger partial charge in [0.2, 0.25) is 0 Å². The maximum absolute atomic E-state index is 2.43. The number of rotatable bonds is 2. The van der Waals surface area contributed by atoms with E-state index in [0.29, 0.717) is 15.5 Å².